The Morgan fingerprint density at radius 3 is 2.82 bits per heavy atom. The van der Waals surface area contributed by atoms with E-state index in [1.807, 2.05) is 29.2 Å². The average Bonchev–Trinajstić information content (AvgIpc) is 3.65. The van der Waals surface area contributed by atoms with Crippen molar-refractivity contribution < 1.29 is 14.3 Å². The Hall–Kier alpha value is -2.36. The molecular weight excluding hydrogens is 456 g/mol. The Morgan fingerprint density at radius 2 is 2.09 bits per heavy atom. The van der Waals surface area contributed by atoms with Crippen LogP contribution in [0.25, 0.3) is 11.4 Å². The topological polar surface area (TPSA) is 69.5 Å². The summed E-state index contributed by atoms with van der Waals surface area (Å²) in [5.74, 6) is 2.11. The van der Waals surface area contributed by atoms with E-state index in [2.05, 4.69) is 32.3 Å². The number of amides is 1. The molecule has 0 bridgehead atoms. The molecule has 2 aromatic heterocycles. The molecule has 9 heteroatoms. The molecule has 5 rings (SSSR count). The number of ether oxygens (including phenoxy) is 2. The van der Waals surface area contributed by atoms with Gasteiger partial charge in [0.25, 0.3) is 0 Å². The van der Waals surface area contributed by atoms with Crippen molar-refractivity contribution in [2.75, 3.05) is 26.0 Å². The van der Waals surface area contributed by atoms with E-state index in [-0.39, 0.29) is 18.1 Å². The van der Waals surface area contributed by atoms with Crippen LogP contribution in [-0.2, 0) is 16.1 Å². The van der Waals surface area contributed by atoms with Crippen LogP contribution in [0, 0.1) is 0 Å². The minimum Gasteiger partial charge on any atom is -0.497 e. The summed E-state index contributed by atoms with van der Waals surface area (Å²) in [6.45, 7) is 2.30. The number of thioether (sulfide) groups is 1. The summed E-state index contributed by atoms with van der Waals surface area (Å²) in [6, 6.07) is 12.2. The monoisotopic (exact) mass is 484 g/mol. The highest BCUT2D eigenvalue weighted by Crippen LogP contribution is 2.35. The van der Waals surface area contributed by atoms with E-state index in [1.54, 1.807) is 18.4 Å². The van der Waals surface area contributed by atoms with Crippen LogP contribution in [0.2, 0.25) is 0 Å². The number of hydrogen-bond donors (Lipinski definition) is 0. The van der Waals surface area contributed by atoms with Gasteiger partial charge in [-0.2, -0.15) is 0 Å². The molecule has 2 unspecified atom stereocenters. The number of carbonyl (C=O) groups excluding carboxylic acids is 1. The molecule has 1 amide bonds. The predicted molar refractivity (Wildman–Crippen MR) is 130 cm³/mol. The molecule has 33 heavy (non-hydrogen) atoms. The molecule has 0 aliphatic carbocycles. The molecule has 1 aromatic carbocycles. The fourth-order valence-corrected chi connectivity index (χ4v) is 6.26. The van der Waals surface area contributed by atoms with Crippen molar-refractivity contribution in [3.8, 4) is 17.1 Å². The number of aromatic nitrogens is 3. The van der Waals surface area contributed by atoms with Gasteiger partial charge in [-0.05, 0) is 61.4 Å². The van der Waals surface area contributed by atoms with E-state index in [9.17, 15) is 4.79 Å². The highest BCUT2D eigenvalue weighted by atomic mass is 32.2. The molecule has 174 valence electrons. The first-order valence-electron chi connectivity index (χ1n) is 11.4. The standard InChI is InChI=1S/C24H28N4O3S2/c1-30-18-10-8-17(9-11-18)23-25-26-24(28(23)15-19-5-3-13-31-19)33-16-22(29)27-12-2-6-20(27)21-7-4-14-32-21/h4,7-11,14,19-20H,2-3,5-6,12-13,15-16H2,1H3. The molecule has 7 nitrogen and oxygen atoms in total. The van der Waals surface area contributed by atoms with Gasteiger partial charge in [-0.25, -0.2) is 0 Å². The maximum absolute atomic E-state index is 13.1. The largest absolute Gasteiger partial charge is 0.497 e. The van der Waals surface area contributed by atoms with E-state index < -0.39 is 0 Å². The number of thiophene rings is 1. The van der Waals surface area contributed by atoms with Gasteiger partial charge in [0.2, 0.25) is 5.91 Å². The molecule has 2 atom stereocenters. The number of benzene rings is 1. The SMILES string of the molecule is COc1ccc(-c2nnc(SCC(=O)N3CCCC3c3cccs3)n2CC2CCCO2)cc1. The lowest BCUT2D eigenvalue weighted by Gasteiger charge is -2.23. The Balaban J connectivity index is 1.33. The lowest BCUT2D eigenvalue weighted by molar-refractivity contribution is -0.129. The summed E-state index contributed by atoms with van der Waals surface area (Å²) in [7, 11) is 1.66. The predicted octanol–water partition coefficient (Wildman–Crippen LogP) is 4.65. The maximum atomic E-state index is 13.1. The van der Waals surface area contributed by atoms with Gasteiger partial charge in [-0.3, -0.25) is 9.36 Å². The summed E-state index contributed by atoms with van der Waals surface area (Å²) in [5, 5.41) is 11.8. The van der Waals surface area contributed by atoms with Crippen LogP contribution in [0.1, 0.15) is 36.6 Å². The first-order chi connectivity index (χ1) is 16.2. The smallest absolute Gasteiger partial charge is 0.233 e. The highest BCUT2D eigenvalue weighted by molar-refractivity contribution is 7.99. The second-order valence-electron chi connectivity index (χ2n) is 8.33. The minimum atomic E-state index is 0.148. The summed E-state index contributed by atoms with van der Waals surface area (Å²) in [4.78, 5) is 16.4. The summed E-state index contributed by atoms with van der Waals surface area (Å²) in [6.07, 6.45) is 4.34. The third kappa shape index (κ3) is 4.95. The molecular formula is C24H28N4O3S2. The Morgan fingerprint density at radius 1 is 1.21 bits per heavy atom. The molecule has 2 saturated heterocycles. The highest BCUT2D eigenvalue weighted by Gasteiger charge is 2.31. The number of hydrogen-bond acceptors (Lipinski definition) is 7. The van der Waals surface area contributed by atoms with E-state index in [0.717, 1.165) is 61.1 Å². The lowest BCUT2D eigenvalue weighted by Crippen LogP contribution is -2.31. The van der Waals surface area contributed by atoms with Crippen LogP contribution in [0.4, 0.5) is 0 Å². The van der Waals surface area contributed by atoms with E-state index in [0.29, 0.717) is 12.3 Å². The van der Waals surface area contributed by atoms with Crippen LogP contribution in [0.3, 0.4) is 0 Å². The van der Waals surface area contributed by atoms with Gasteiger partial charge in [-0.15, -0.1) is 21.5 Å². The fourth-order valence-electron chi connectivity index (χ4n) is 4.56. The van der Waals surface area contributed by atoms with Crippen LogP contribution < -0.4 is 4.74 Å². The van der Waals surface area contributed by atoms with Crippen LogP contribution in [-0.4, -0.2) is 57.7 Å². The van der Waals surface area contributed by atoms with Gasteiger partial charge < -0.3 is 14.4 Å². The van der Waals surface area contributed by atoms with Gasteiger partial charge in [-0.1, -0.05) is 17.8 Å². The summed E-state index contributed by atoms with van der Waals surface area (Å²) in [5.41, 5.74) is 0.969. The van der Waals surface area contributed by atoms with Crippen molar-refractivity contribution in [3.63, 3.8) is 0 Å². The lowest BCUT2D eigenvalue weighted by atomic mass is 10.2. The number of likely N-dealkylation sites (tertiary alicyclic amines) is 1. The van der Waals surface area contributed by atoms with Crippen LogP contribution >= 0.6 is 23.1 Å². The summed E-state index contributed by atoms with van der Waals surface area (Å²) < 4.78 is 13.3. The molecule has 2 aliphatic rings. The van der Waals surface area contributed by atoms with Crippen molar-refractivity contribution in [2.45, 2.75) is 49.5 Å². The maximum Gasteiger partial charge on any atom is 0.233 e. The van der Waals surface area contributed by atoms with Crippen molar-refractivity contribution in [2.24, 2.45) is 0 Å². The number of methoxy groups -OCH3 is 1. The zero-order chi connectivity index (χ0) is 22.6. The molecule has 2 fully saturated rings. The second-order valence-corrected chi connectivity index (χ2v) is 10.3. The Kier molecular flexibility index (Phi) is 6.99. The first-order valence-corrected chi connectivity index (χ1v) is 13.2. The van der Waals surface area contributed by atoms with E-state index in [1.165, 1.54) is 16.6 Å². The van der Waals surface area contributed by atoms with Crippen molar-refractivity contribution in [3.05, 3.63) is 46.7 Å². The molecule has 2 aliphatic heterocycles. The molecule has 0 saturated carbocycles. The van der Waals surface area contributed by atoms with Gasteiger partial charge >= 0.3 is 0 Å². The molecule has 0 radical (unpaired) electrons. The van der Waals surface area contributed by atoms with Crippen molar-refractivity contribution in [1.29, 1.82) is 0 Å². The van der Waals surface area contributed by atoms with E-state index in [4.69, 9.17) is 9.47 Å². The molecule has 0 N–H and O–H groups in total. The van der Waals surface area contributed by atoms with Gasteiger partial charge in [0.1, 0.15) is 5.75 Å². The number of rotatable bonds is 8. The van der Waals surface area contributed by atoms with Gasteiger partial charge in [0.15, 0.2) is 11.0 Å². The number of carbonyl (C=O) groups is 1. The van der Waals surface area contributed by atoms with Crippen LogP contribution in [0.5, 0.6) is 5.75 Å². The zero-order valence-electron chi connectivity index (χ0n) is 18.7. The average molecular weight is 485 g/mol. The molecule has 4 heterocycles. The van der Waals surface area contributed by atoms with Gasteiger partial charge in [0, 0.05) is 23.6 Å². The normalized spacial score (nSPS) is 20.5. The third-order valence-corrected chi connectivity index (χ3v) is 8.17. The fraction of sp³-hybridized carbons (Fsp3) is 0.458. The molecule has 0 spiro atoms. The van der Waals surface area contributed by atoms with Crippen molar-refractivity contribution in [1.82, 2.24) is 19.7 Å². The van der Waals surface area contributed by atoms with Crippen LogP contribution in [0.15, 0.2) is 46.9 Å². The van der Waals surface area contributed by atoms with Crippen molar-refractivity contribution >= 4 is 29.0 Å². The molecule has 3 aromatic rings. The Labute approximate surface area is 202 Å². The summed E-state index contributed by atoms with van der Waals surface area (Å²) >= 11 is 3.20. The Bertz CT molecular complexity index is 1060. The quantitative estimate of drug-likeness (QED) is 0.434. The minimum absolute atomic E-state index is 0.148. The third-order valence-electron chi connectivity index (χ3n) is 6.24. The second kappa shape index (κ2) is 10.3. The first kappa shape index (κ1) is 22.4. The zero-order valence-corrected chi connectivity index (χ0v) is 20.3. The number of nitrogens with zero attached hydrogens (tertiary/aromatic N) is 4. The van der Waals surface area contributed by atoms with Gasteiger partial charge in [0.05, 0.1) is 31.6 Å². The van der Waals surface area contributed by atoms with E-state index >= 15 is 0 Å².